The van der Waals surface area contributed by atoms with E-state index in [-0.39, 0.29) is 0 Å². The van der Waals surface area contributed by atoms with E-state index < -0.39 is 5.79 Å². The minimum atomic E-state index is -0.794. The Morgan fingerprint density at radius 1 is 1.00 bits per heavy atom. The Morgan fingerprint density at radius 3 is 1.90 bits per heavy atom. The maximum atomic E-state index is 11.0. The minimum Gasteiger partial charge on any atom is -0.496 e. The largest absolute Gasteiger partial charge is 0.496 e. The molecular formula is C17H30O4. The molecule has 0 radical (unpaired) electrons. The highest BCUT2D eigenvalue weighted by atomic mass is 16.7. The highest BCUT2D eigenvalue weighted by molar-refractivity contribution is 5.80. The smallest absolute Gasteiger partial charge is 0.204 e. The third-order valence-corrected chi connectivity index (χ3v) is 2.50. The number of carbonyl (C=O) groups is 1. The van der Waals surface area contributed by atoms with E-state index in [1.54, 1.807) is 40.2 Å². The first kappa shape index (κ1) is 21.7. The highest BCUT2D eigenvalue weighted by Gasteiger charge is 2.21. The number of hydrogen-bond acceptors (Lipinski definition) is 4. The van der Waals surface area contributed by atoms with Crippen molar-refractivity contribution in [3.63, 3.8) is 0 Å². The summed E-state index contributed by atoms with van der Waals surface area (Å²) < 4.78 is 16.0. The van der Waals surface area contributed by atoms with E-state index in [0.717, 1.165) is 11.8 Å². The fraction of sp³-hybridized carbons (Fsp3) is 0.588. The van der Waals surface area contributed by atoms with Gasteiger partial charge in [0.1, 0.15) is 11.5 Å². The van der Waals surface area contributed by atoms with Crippen LogP contribution in [0, 0.1) is 6.92 Å². The summed E-state index contributed by atoms with van der Waals surface area (Å²) >= 11 is 0. The van der Waals surface area contributed by atoms with Crippen LogP contribution in [0.2, 0.25) is 0 Å². The van der Waals surface area contributed by atoms with Crippen molar-refractivity contribution in [2.45, 2.75) is 54.3 Å². The molecule has 1 rings (SSSR count). The van der Waals surface area contributed by atoms with E-state index in [2.05, 4.69) is 0 Å². The molecule has 0 spiro atoms. The summed E-state index contributed by atoms with van der Waals surface area (Å²) in [5.74, 6) is 0.338. The summed E-state index contributed by atoms with van der Waals surface area (Å²) in [6.07, 6.45) is 0.757. The molecule has 0 aliphatic rings. The van der Waals surface area contributed by atoms with Crippen LogP contribution in [0.15, 0.2) is 12.1 Å². The Kier molecular flexibility index (Phi) is 11.5. The van der Waals surface area contributed by atoms with Crippen molar-refractivity contribution in [2.75, 3.05) is 14.2 Å². The molecule has 0 aliphatic heterocycles. The molecule has 0 heterocycles. The van der Waals surface area contributed by atoms with E-state index in [4.69, 9.17) is 14.2 Å². The van der Waals surface area contributed by atoms with E-state index in [9.17, 15) is 4.79 Å². The average Bonchev–Trinajstić information content (AvgIpc) is 2.52. The van der Waals surface area contributed by atoms with E-state index in [0.29, 0.717) is 17.1 Å². The topological polar surface area (TPSA) is 44.8 Å². The van der Waals surface area contributed by atoms with Crippen molar-refractivity contribution in [3.05, 3.63) is 23.3 Å². The van der Waals surface area contributed by atoms with E-state index in [1.165, 1.54) is 0 Å². The summed E-state index contributed by atoms with van der Waals surface area (Å²) in [7, 11) is 3.13. The molecule has 4 heteroatoms. The van der Waals surface area contributed by atoms with Crippen LogP contribution in [0.1, 0.15) is 57.5 Å². The zero-order chi connectivity index (χ0) is 17.1. The zero-order valence-corrected chi connectivity index (χ0v) is 14.9. The Labute approximate surface area is 129 Å². The van der Waals surface area contributed by atoms with Gasteiger partial charge in [0.15, 0.2) is 6.29 Å². The summed E-state index contributed by atoms with van der Waals surface area (Å²) in [6, 6.07) is 3.42. The standard InChI is InChI=1S/C13H18O4.2C2H6/c1-9-6-10(8-14)12(7-11(9)15-4)17-13(2,3)16-5;2*1-2/h6-8H,1-5H3;2*1-2H3. The summed E-state index contributed by atoms with van der Waals surface area (Å²) in [6.45, 7) is 13.4. The molecule has 1 aromatic rings. The van der Waals surface area contributed by atoms with Gasteiger partial charge in [0.05, 0.1) is 12.7 Å². The number of benzene rings is 1. The monoisotopic (exact) mass is 298 g/mol. The molecule has 122 valence electrons. The van der Waals surface area contributed by atoms with Crippen molar-refractivity contribution < 1.29 is 19.0 Å². The fourth-order valence-electron chi connectivity index (χ4n) is 1.40. The van der Waals surface area contributed by atoms with Gasteiger partial charge in [-0.1, -0.05) is 27.7 Å². The van der Waals surface area contributed by atoms with Crippen LogP contribution >= 0.6 is 0 Å². The van der Waals surface area contributed by atoms with Gasteiger partial charge < -0.3 is 14.2 Å². The first-order valence-corrected chi connectivity index (χ1v) is 7.31. The Bertz CT molecular complexity index is 411. The highest BCUT2D eigenvalue weighted by Crippen LogP contribution is 2.30. The van der Waals surface area contributed by atoms with Crippen LogP contribution in [0.25, 0.3) is 0 Å². The third kappa shape index (κ3) is 7.14. The van der Waals surface area contributed by atoms with E-state index >= 15 is 0 Å². The number of carbonyl (C=O) groups excluding carboxylic acids is 1. The van der Waals surface area contributed by atoms with Crippen molar-refractivity contribution in [3.8, 4) is 11.5 Å². The number of rotatable bonds is 5. The molecule has 0 unspecified atom stereocenters. The molecule has 0 amide bonds. The second-order valence-corrected chi connectivity index (χ2v) is 4.18. The Balaban J connectivity index is 0. The summed E-state index contributed by atoms with van der Waals surface area (Å²) in [5.41, 5.74) is 1.37. The molecule has 0 N–H and O–H groups in total. The van der Waals surface area contributed by atoms with Gasteiger partial charge in [-0.15, -0.1) is 0 Å². The van der Waals surface area contributed by atoms with Crippen LogP contribution in [0.5, 0.6) is 11.5 Å². The van der Waals surface area contributed by atoms with Gasteiger partial charge in [-0.25, -0.2) is 0 Å². The summed E-state index contributed by atoms with van der Waals surface area (Å²) in [4.78, 5) is 11.0. The minimum absolute atomic E-state index is 0.453. The summed E-state index contributed by atoms with van der Waals surface area (Å²) in [5, 5.41) is 0. The predicted molar refractivity (Wildman–Crippen MR) is 87.5 cm³/mol. The van der Waals surface area contributed by atoms with Crippen LogP contribution in [0.3, 0.4) is 0 Å². The quantitative estimate of drug-likeness (QED) is 0.587. The Hall–Kier alpha value is -1.55. The second kappa shape index (κ2) is 11.1. The van der Waals surface area contributed by atoms with Gasteiger partial charge in [0, 0.05) is 27.0 Å². The van der Waals surface area contributed by atoms with Gasteiger partial charge in [-0.2, -0.15) is 0 Å². The molecule has 0 aliphatic carbocycles. The van der Waals surface area contributed by atoms with Crippen LogP contribution in [0.4, 0.5) is 0 Å². The van der Waals surface area contributed by atoms with Crippen molar-refractivity contribution in [1.29, 1.82) is 0 Å². The van der Waals surface area contributed by atoms with Crippen molar-refractivity contribution >= 4 is 6.29 Å². The van der Waals surface area contributed by atoms with Gasteiger partial charge in [-0.3, -0.25) is 4.79 Å². The first-order chi connectivity index (χ1) is 9.93. The fourth-order valence-corrected chi connectivity index (χ4v) is 1.40. The lowest BCUT2D eigenvalue weighted by atomic mass is 10.1. The molecule has 0 saturated carbocycles. The van der Waals surface area contributed by atoms with E-state index in [1.807, 2.05) is 34.6 Å². The van der Waals surface area contributed by atoms with Crippen LogP contribution in [-0.2, 0) is 4.74 Å². The molecule has 0 saturated heterocycles. The first-order valence-electron chi connectivity index (χ1n) is 7.31. The Morgan fingerprint density at radius 2 is 1.52 bits per heavy atom. The number of ether oxygens (including phenoxy) is 3. The molecule has 0 atom stereocenters. The maximum Gasteiger partial charge on any atom is 0.204 e. The molecule has 0 bridgehead atoms. The zero-order valence-electron chi connectivity index (χ0n) is 14.9. The van der Waals surface area contributed by atoms with Gasteiger partial charge in [0.25, 0.3) is 0 Å². The van der Waals surface area contributed by atoms with Crippen molar-refractivity contribution in [1.82, 2.24) is 0 Å². The lowest BCUT2D eigenvalue weighted by Gasteiger charge is -2.25. The van der Waals surface area contributed by atoms with Gasteiger partial charge in [-0.05, 0) is 18.6 Å². The number of aryl methyl sites for hydroxylation is 1. The number of aldehydes is 1. The SMILES string of the molecule is CC.CC.COc1cc(OC(C)(C)OC)c(C=O)cc1C. The molecule has 1 aromatic carbocycles. The second-order valence-electron chi connectivity index (χ2n) is 4.18. The van der Waals surface area contributed by atoms with Crippen LogP contribution < -0.4 is 9.47 Å². The number of hydrogen-bond donors (Lipinski definition) is 0. The number of methoxy groups -OCH3 is 2. The van der Waals surface area contributed by atoms with Gasteiger partial charge in [0.2, 0.25) is 5.79 Å². The average molecular weight is 298 g/mol. The normalized spacial score (nSPS) is 9.57. The van der Waals surface area contributed by atoms with Crippen LogP contribution in [-0.4, -0.2) is 26.3 Å². The molecule has 0 aromatic heterocycles. The lowest BCUT2D eigenvalue weighted by Crippen LogP contribution is -2.30. The third-order valence-electron chi connectivity index (χ3n) is 2.50. The molecule has 0 fully saturated rings. The predicted octanol–water partition coefficient (Wildman–Crippen LogP) is 4.63. The molecular weight excluding hydrogens is 268 g/mol. The van der Waals surface area contributed by atoms with Crippen molar-refractivity contribution in [2.24, 2.45) is 0 Å². The molecule has 21 heavy (non-hydrogen) atoms. The maximum absolute atomic E-state index is 11.0. The van der Waals surface area contributed by atoms with Gasteiger partial charge >= 0.3 is 0 Å². The lowest BCUT2D eigenvalue weighted by molar-refractivity contribution is -0.134. The molecule has 4 nitrogen and oxygen atoms in total.